The molecule has 0 radical (unpaired) electrons. The summed E-state index contributed by atoms with van der Waals surface area (Å²) in [5.74, 6) is 0.365. The van der Waals surface area contributed by atoms with Crippen molar-refractivity contribution in [2.24, 2.45) is 0 Å². The summed E-state index contributed by atoms with van der Waals surface area (Å²) in [4.78, 5) is 0. The molecular formula is C9H15F3N4O. The van der Waals surface area contributed by atoms with Crippen LogP contribution in [0.4, 0.5) is 19.0 Å². The number of nitrogens with two attached hydrogens (primary N) is 1. The predicted octanol–water partition coefficient (Wildman–Crippen LogP) is 1.39. The first kappa shape index (κ1) is 13.8. The highest BCUT2D eigenvalue weighted by Crippen LogP contribution is 2.14. The summed E-state index contributed by atoms with van der Waals surface area (Å²) in [6.07, 6.45) is -3.15. The molecule has 98 valence electrons. The van der Waals surface area contributed by atoms with Gasteiger partial charge >= 0.3 is 6.18 Å². The first-order chi connectivity index (χ1) is 7.94. The maximum atomic E-state index is 11.8. The quantitative estimate of drug-likeness (QED) is 0.777. The molecule has 0 amide bonds. The van der Waals surface area contributed by atoms with Gasteiger partial charge in [0.25, 0.3) is 0 Å². The van der Waals surface area contributed by atoms with Gasteiger partial charge in [0.2, 0.25) is 0 Å². The minimum absolute atomic E-state index is 0.0302. The van der Waals surface area contributed by atoms with Gasteiger partial charge in [0.1, 0.15) is 6.61 Å². The molecule has 2 N–H and O–H groups in total. The molecule has 0 spiro atoms. The maximum Gasteiger partial charge on any atom is 0.411 e. The normalized spacial score (nSPS) is 12.0. The molecule has 0 bridgehead atoms. The molecule has 0 aromatic carbocycles. The van der Waals surface area contributed by atoms with Crippen molar-refractivity contribution in [1.82, 2.24) is 15.0 Å². The van der Waals surface area contributed by atoms with Crippen molar-refractivity contribution in [2.45, 2.75) is 32.5 Å². The molecule has 5 nitrogen and oxygen atoms in total. The molecular weight excluding hydrogens is 237 g/mol. The van der Waals surface area contributed by atoms with Gasteiger partial charge in [-0.05, 0) is 12.8 Å². The molecule has 0 aliphatic rings. The molecule has 0 fully saturated rings. The zero-order valence-electron chi connectivity index (χ0n) is 9.50. The van der Waals surface area contributed by atoms with Gasteiger partial charge < -0.3 is 10.5 Å². The number of nitrogen functional groups attached to an aromatic ring is 1. The lowest BCUT2D eigenvalue weighted by Crippen LogP contribution is -2.18. The highest BCUT2D eigenvalue weighted by atomic mass is 19.4. The van der Waals surface area contributed by atoms with E-state index in [9.17, 15) is 13.2 Å². The van der Waals surface area contributed by atoms with E-state index in [0.29, 0.717) is 25.2 Å². The summed E-state index contributed by atoms with van der Waals surface area (Å²) in [5.41, 5.74) is 6.36. The summed E-state index contributed by atoms with van der Waals surface area (Å²) >= 11 is 0. The van der Waals surface area contributed by atoms with E-state index in [-0.39, 0.29) is 6.61 Å². The number of alkyl halides is 3. The van der Waals surface area contributed by atoms with E-state index in [0.717, 1.165) is 5.69 Å². The second-order valence-corrected chi connectivity index (χ2v) is 3.52. The molecule has 0 aliphatic carbocycles. The smallest absolute Gasteiger partial charge is 0.381 e. The average molecular weight is 252 g/mol. The van der Waals surface area contributed by atoms with Gasteiger partial charge in [-0.2, -0.15) is 13.2 Å². The van der Waals surface area contributed by atoms with Crippen molar-refractivity contribution in [1.29, 1.82) is 0 Å². The molecule has 1 aromatic heterocycles. The Labute approximate surface area is 96.7 Å². The number of nitrogens with zero attached hydrogens (tertiary/aromatic N) is 3. The van der Waals surface area contributed by atoms with Crippen LogP contribution in [0.15, 0.2) is 0 Å². The zero-order valence-corrected chi connectivity index (χ0v) is 9.50. The maximum absolute atomic E-state index is 11.8. The number of hydrogen-bond acceptors (Lipinski definition) is 4. The molecule has 1 aromatic rings. The summed E-state index contributed by atoms with van der Waals surface area (Å²) in [7, 11) is 0. The van der Waals surface area contributed by atoms with Gasteiger partial charge in [-0.15, -0.1) is 5.10 Å². The second kappa shape index (κ2) is 5.85. The van der Waals surface area contributed by atoms with Gasteiger partial charge in [0.15, 0.2) is 5.82 Å². The minimum atomic E-state index is -4.27. The summed E-state index contributed by atoms with van der Waals surface area (Å²) < 4.78 is 41.3. The molecule has 0 unspecified atom stereocenters. The average Bonchev–Trinajstić information content (AvgIpc) is 2.57. The number of anilines is 1. The van der Waals surface area contributed by atoms with Gasteiger partial charge in [-0.3, -0.25) is 0 Å². The third kappa shape index (κ3) is 4.59. The van der Waals surface area contributed by atoms with Crippen molar-refractivity contribution < 1.29 is 17.9 Å². The van der Waals surface area contributed by atoms with Crippen LogP contribution in [-0.2, 0) is 17.7 Å². The molecule has 0 aliphatic heterocycles. The molecule has 17 heavy (non-hydrogen) atoms. The van der Waals surface area contributed by atoms with Gasteiger partial charge in [0, 0.05) is 13.2 Å². The van der Waals surface area contributed by atoms with Crippen LogP contribution in [0.2, 0.25) is 0 Å². The largest absolute Gasteiger partial charge is 0.411 e. The van der Waals surface area contributed by atoms with Crippen molar-refractivity contribution in [3.63, 3.8) is 0 Å². The fourth-order valence-electron chi connectivity index (χ4n) is 1.39. The highest BCUT2D eigenvalue weighted by Gasteiger charge is 2.27. The van der Waals surface area contributed by atoms with E-state index in [1.165, 1.54) is 0 Å². The van der Waals surface area contributed by atoms with Crippen LogP contribution < -0.4 is 5.73 Å². The number of ether oxygens (including phenoxy) is 1. The highest BCUT2D eigenvalue weighted by molar-refractivity contribution is 5.32. The Morgan fingerprint density at radius 3 is 2.71 bits per heavy atom. The molecule has 1 rings (SSSR count). The van der Waals surface area contributed by atoms with Gasteiger partial charge in [0.05, 0.1) is 5.69 Å². The second-order valence-electron chi connectivity index (χ2n) is 3.52. The van der Waals surface area contributed by atoms with Crippen LogP contribution >= 0.6 is 0 Å². The Balaban J connectivity index is 2.27. The van der Waals surface area contributed by atoms with Gasteiger partial charge in [-0.1, -0.05) is 12.1 Å². The number of aromatic nitrogens is 3. The van der Waals surface area contributed by atoms with Crippen LogP contribution in [0.1, 0.15) is 19.0 Å². The molecule has 8 heteroatoms. The third-order valence-corrected chi connectivity index (χ3v) is 2.13. The SMILES string of the molecule is CCc1c(N)nnn1CCCOCC(F)(F)F. The van der Waals surface area contributed by atoms with E-state index in [1.807, 2.05) is 6.92 Å². The Hall–Kier alpha value is -1.31. The van der Waals surface area contributed by atoms with E-state index in [2.05, 4.69) is 15.0 Å². The van der Waals surface area contributed by atoms with Crippen LogP contribution in [0, 0.1) is 0 Å². The van der Waals surface area contributed by atoms with E-state index < -0.39 is 12.8 Å². The van der Waals surface area contributed by atoms with Crippen molar-refractivity contribution >= 4 is 5.82 Å². The monoisotopic (exact) mass is 252 g/mol. The Bertz CT molecular complexity index is 351. The fraction of sp³-hybridized carbons (Fsp3) is 0.778. The Morgan fingerprint density at radius 1 is 1.41 bits per heavy atom. The summed E-state index contributed by atoms with van der Waals surface area (Å²) in [6, 6.07) is 0. The van der Waals surface area contributed by atoms with Crippen LogP contribution in [0.5, 0.6) is 0 Å². The lowest BCUT2D eigenvalue weighted by Gasteiger charge is -2.08. The Kier molecular flexibility index (Phi) is 4.73. The zero-order chi connectivity index (χ0) is 12.9. The van der Waals surface area contributed by atoms with Crippen LogP contribution in [-0.4, -0.2) is 34.4 Å². The first-order valence-corrected chi connectivity index (χ1v) is 5.26. The van der Waals surface area contributed by atoms with E-state index in [4.69, 9.17) is 5.73 Å². The summed E-state index contributed by atoms with van der Waals surface area (Å²) in [6.45, 7) is 1.17. The molecule has 0 saturated heterocycles. The topological polar surface area (TPSA) is 66.0 Å². The number of hydrogen-bond donors (Lipinski definition) is 1. The minimum Gasteiger partial charge on any atom is -0.381 e. The van der Waals surface area contributed by atoms with Crippen molar-refractivity contribution in [2.75, 3.05) is 18.9 Å². The van der Waals surface area contributed by atoms with E-state index >= 15 is 0 Å². The van der Waals surface area contributed by atoms with Crippen LogP contribution in [0.3, 0.4) is 0 Å². The van der Waals surface area contributed by atoms with Crippen molar-refractivity contribution in [3.8, 4) is 0 Å². The molecule has 0 saturated carbocycles. The fourth-order valence-corrected chi connectivity index (χ4v) is 1.39. The number of rotatable bonds is 6. The van der Waals surface area contributed by atoms with Crippen molar-refractivity contribution in [3.05, 3.63) is 5.69 Å². The van der Waals surface area contributed by atoms with Crippen LogP contribution in [0.25, 0.3) is 0 Å². The Morgan fingerprint density at radius 2 is 2.12 bits per heavy atom. The lowest BCUT2D eigenvalue weighted by atomic mass is 10.3. The molecule has 1 heterocycles. The standard InChI is InChI=1S/C9H15F3N4O/c1-2-7-8(13)14-15-16(7)4-3-5-17-6-9(10,11)12/h2-6,13H2,1H3. The number of aryl methyl sites for hydroxylation is 1. The van der Waals surface area contributed by atoms with Gasteiger partial charge in [-0.25, -0.2) is 4.68 Å². The van der Waals surface area contributed by atoms with E-state index in [1.54, 1.807) is 4.68 Å². The third-order valence-electron chi connectivity index (χ3n) is 2.13. The number of halogens is 3. The summed E-state index contributed by atoms with van der Waals surface area (Å²) in [5, 5.41) is 7.49. The molecule has 0 atom stereocenters. The predicted molar refractivity (Wildman–Crippen MR) is 55.3 cm³/mol. The lowest BCUT2D eigenvalue weighted by molar-refractivity contribution is -0.174. The first-order valence-electron chi connectivity index (χ1n) is 5.26.